The molecule has 0 radical (unpaired) electrons. The SMILES string of the molecule is CC1=CCSC(O)=C1. The molecule has 0 atom stereocenters. The second kappa shape index (κ2) is 2.27. The van der Waals surface area contributed by atoms with Gasteiger partial charge in [0.15, 0.2) is 0 Å². The van der Waals surface area contributed by atoms with Crippen LogP contribution in [0.25, 0.3) is 0 Å². The van der Waals surface area contributed by atoms with Crippen LogP contribution in [0.2, 0.25) is 0 Å². The highest BCUT2D eigenvalue weighted by atomic mass is 32.2. The van der Waals surface area contributed by atoms with Gasteiger partial charge in [0, 0.05) is 5.75 Å². The van der Waals surface area contributed by atoms with Gasteiger partial charge in [-0.25, -0.2) is 0 Å². The summed E-state index contributed by atoms with van der Waals surface area (Å²) in [4.78, 5) is 0. The van der Waals surface area contributed by atoms with Gasteiger partial charge < -0.3 is 5.11 Å². The van der Waals surface area contributed by atoms with Gasteiger partial charge in [-0.1, -0.05) is 23.4 Å². The summed E-state index contributed by atoms with van der Waals surface area (Å²) in [7, 11) is 0. The van der Waals surface area contributed by atoms with Gasteiger partial charge in [0.25, 0.3) is 0 Å². The Kier molecular flexibility index (Phi) is 1.63. The molecule has 0 aromatic heterocycles. The molecule has 0 aromatic carbocycles. The molecular formula is C6H8OS. The minimum absolute atomic E-state index is 0.435. The third-order valence-electron chi connectivity index (χ3n) is 0.988. The number of hydrogen-bond acceptors (Lipinski definition) is 2. The lowest BCUT2D eigenvalue weighted by molar-refractivity contribution is 0.455. The molecule has 0 spiro atoms. The first-order valence-electron chi connectivity index (χ1n) is 2.49. The van der Waals surface area contributed by atoms with E-state index in [1.54, 1.807) is 6.08 Å². The lowest BCUT2D eigenvalue weighted by atomic mass is 10.3. The van der Waals surface area contributed by atoms with Gasteiger partial charge in [0.2, 0.25) is 0 Å². The smallest absolute Gasteiger partial charge is 0.150 e. The maximum atomic E-state index is 8.86. The second-order valence-corrected chi connectivity index (χ2v) is 2.78. The molecule has 1 nitrogen and oxygen atoms in total. The number of hydrogen-bond donors (Lipinski definition) is 1. The van der Waals surface area contributed by atoms with Crippen molar-refractivity contribution in [2.75, 3.05) is 5.75 Å². The standard InChI is InChI=1S/C6H8OS/c1-5-2-3-8-6(7)4-5/h2,4,7H,3H2,1H3. The van der Waals surface area contributed by atoms with E-state index in [0.29, 0.717) is 5.09 Å². The van der Waals surface area contributed by atoms with E-state index in [4.69, 9.17) is 5.11 Å². The van der Waals surface area contributed by atoms with Crippen molar-refractivity contribution in [1.82, 2.24) is 0 Å². The number of rotatable bonds is 0. The molecule has 1 heterocycles. The van der Waals surface area contributed by atoms with Gasteiger partial charge in [-0.05, 0) is 13.0 Å². The zero-order valence-electron chi connectivity index (χ0n) is 4.72. The van der Waals surface area contributed by atoms with Crippen molar-refractivity contribution in [1.29, 1.82) is 0 Å². The molecular weight excluding hydrogens is 120 g/mol. The second-order valence-electron chi connectivity index (χ2n) is 1.74. The van der Waals surface area contributed by atoms with E-state index in [1.165, 1.54) is 11.8 Å². The van der Waals surface area contributed by atoms with E-state index in [0.717, 1.165) is 11.3 Å². The van der Waals surface area contributed by atoms with Gasteiger partial charge in [-0.15, -0.1) is 0 Å². The van der Waals surface area contributed by atoms with Crippen LogP contribution in [0, 0.1) is 0 Å². The summed E-state index contributed by atoms with van der Waals surface area (Å²) in [6, 6.07) is 0. The summed E-state index contributed by atoms with van der Waals surface area (Å²) < 4.78 is 0. The third-order valence-corrected chi connectivity index (χ3v) is 1.73. The van der Waals surface area contributed by atoms with Crippen LogP contribution in [0.15, 0.2) is 22.8 Å². The van der Waals surface area contributed by atoms with E-state index in [2.05, 4.69) is 6.08 Å². The lowest BCUT2D eigenvalue weighted by Gasteiger charge is -2.02. The van der Waals surface area contributed by atoms with Crippen molar-refractivity contribution < 1.29 is 5.11 Å². The summed E-state index contributed by atoms with van der Waals surface area (Å²) in [6.07, 6.45) is 3.86. The van der Waals surface area contributed by atoms with E-state index in [9.17, 15) is 0 Å². The Labute approximate surface area is 53.1 Å². The molecule has 0 saturated heterocycles. The molecule has 0 aromatic rings. The van der Waals surface area contributed by atoms with Crippen LogP contribution in [-0.2, 0) is 0 Å². The first kappa shape index (κ1) is 5.76. The molecule has 1 aliphatic heterocycles. The number of thioether (sulfide) groups is 1. The normalized spacial score (nSPS) is 19.6. The highest BCUT2D eigenvalue weighted by Gasteiger charge is 1.97. The summed E-state index contributed by atoms with van der Waals surface area (Å²) >= 11 is 1.46. The third kappa shape index (κ3) is 1.30. The van der Waals surface area contributed by atoms with Gasteiger partial charge in [0.1, 0.15) is 5.09 Å². The fourth-order valence-electron chi connectivity index (χ4n) is 0.554. The molecule has 8 heavy (non-hydrogen) atoms. The maximum absolute atomic E-state index is 8.86. The van der Waals surface area contributed by atoms with Crippen LogP contribution in [0.3, 0.4) is 0 Å². The maximum Gasteiger partial charge on any atom is 0.150 e. The molecule has 1 N–H and O–H groups in total. The van der Waals surface area contributed by atoms with Gasteiger partial charge in [0.05, 0.1) is 0 Å². The Morgan fingerprint density at radius 1 is 1.75 bits per heavy atom. The summed E-state index contributed by atoms with van der Waals surface area (Å²) in [5, 5.41) is 9.30. The van der Waals surface area contributed by atoms with E-state index in [1.807, 2.05) is 6.92 Å². The fraction of sp³-hybridized carbons (Fsp3) is 0.333. The molecule has 44 valence electrons. The molecule has 0 unspecified atom stereocenters. The Morgan fingerprint density at radius 3 is 2.88 bits per heavy atom. The Hall–Kier alpha value is -0.370. The zero-order chi connectivity index (χ0) is 5.98. The van der Waals surface area contributed by atoms with Crippen LogP contribution >= 0.6 is 11.8 Å². The van der Waals surface area contributed by atoms with Crippen LogP contribution < -0.4 is 0 Å². The zero-order valence-corrected chi connectivity index (χ0v) is 5.53. The van der Waals surface area contributed by atoms with Gasteiger partial charge in [-0.2, -0.15) is 0 Å². The van der Waals surface area contributed by atoms with E-state index in [-0.39, 0.29) is 0 Å². The molecule has 0 saturated carbocycles. The molecule has 1 aliphatic rings. The molecule has 2 heteroatoms. The van der Waals surface area contributed by atoms with E-state index >= 15 is 0 Å². The monoisotopic (exact) mass is 128 g/mol. The lowest BCUT2D eigenvalue weighted by Crippen LogP contribution is -1.85. The highest BCUT2D eigenvalue weighted by Crippen LogP contribution is 2.19. The van der Waals surface area contributed by atoms with Crippen LogP contribution in [-0.4, -0.2) is 10.9 Å². The topological polar surface area (TPSA) is 20.2 Å². The van der Waals surface area contributed by atoms with Crippen molar-refractivity contribution in [3.8, 4) is 0 Å². The average molecular weight is 128 g/mol. The molecule has 0 amide bonds. The quantitative estimate of drug-likeness (QED) is 0.539. The number of aliphatic hydroxyl groups is 1. The summed E-state index contributed by atoms with van der Waals surface area (Å²) in [5.74, 6) is 0.911. The molecule has 0 bridgehead atoms. The Morgan fingerprint density at radius 2 is 2.50 bits per heavy atom. The predicted molar refractivity (Wildman–Crippen MR) is 36.9 cm³/mol. The summed E-state index contributed by atoms with van der Waals surface area (Å²) in [5.41, 5.74) is 1.15. The largest absolute Gasteiger partial charge is 0.502 e. The number of allylic oxidation sites excluding steroid dienone is 2. The number of aliphatic hydroxyl groups excluding tert-OH is 1. The molecule has 1 rings (SSSR count). The minimum atomic E-state index is 0.435. The first-order valence-corrected chi connectivity index (χ1v) is 3.48. The average Bonchev–Trinajstić information content (AvgIpc) is 1.64. The van der Waals surface area contributed by atoms with E-state index < -0.39 is 0 Å². The minimum Gasteiger partial charge on any atom is -0.502 e. The Balaban J connectivity index is 2.69. The van der Waals surface area contributed by atoms with Crippen molar-refractivity contribution in [2.45, 2.75) is 6.92 Å². The van der Waals surface area contributed by atoms with Crippen molar-refractivity contribution in [3.05, 3.63) is 22.8 Å². The van der Waals surface area contributed by atoms with Gasteiger partial charge >= 0.3 is 0 Å². The fourth-order valence-corrected chi connectivity index (χ4v) is 1.34. The summed E-state index contributed by atoms with van der Waals surface area (Å²) in [6.45, 7) is 1.98. The Bertz CT molecular complexity index is 147. The van der Waals surface area contributed by atoms with Gasteiger partial charge in [-0.3, -0.25) is 0 Å². The van der Waals surface area contributed by atoms with Crippen molar-refractivity contribution in [2.24, 2.45) is 0 Å². The first-order chi connectivity index (χ1) is 3.79. The molecule has 0 aliphatic carbocycles. The molecule has 0 fully saturated rings. The predicted octanol–water partition coefficient (Wildman–Crippen LogP) is 2.08. The van der Waals surface area contributed by atoms with Crippen molar-refractivity contribution in [3.63, 3.8) is 0 Å². The van der Waals surface area contributed by atoms with Crippen LogP contribution in [0.5, 0.6) is 0 Å². The van der Waals surface area contributed by atoms with Crippen LogP contribution in [0.4, 0.5) is 0 Å². The van der Waals surface area contributed by atoms with Crippen molar-refractivity contribution >= 4 is 11.8 Å². The highest BCUT2D eigenvalue weighted by molar-refractivity contribution is 8.03. The van der Waals surface area contributed by atoms with Crippen LogP contribution in [0.1, 0.15) is 6.92 Å².